The molecule has 0 bridgehead atoms. The lowest BCUT2D eigenvalue weighted by Crippen LogP contribution is -2.08. The van der Waals surface area contributed by atoms with Crippen LogP contribution in [0.5, 0.6) is 11.6 Å². The van der Waals surface area contributed by atoms with Crippen LogP contribution in [0.1, 0.15) is 31.0 Å². The Kier molecular flexibility index (Phi) is 4.93. The highest BCUT2D eigenvalue weighted by Crippen LogP contribution is 2.40. The van der Waals surface area contributed by atoms with Gasteiger partial charge in [-0.15, -0.1) is 5.10 Å². The van der Waals surface area contributed by atoms with Gasteiger partial charge >= 0.3 is 6.18 Å². The van der Waals surface area contributed by atoms with Crippen molar-refractivity contribution in [3.8, 4) is 22.8 Å². The van der Waals surface area contributed by atoms with Crippen LogP contribution >= 0.6 is 0 Å². The number of nitrogens with zero attached hydrogens (tertiary/aromatic N) is 3. The van der Waals surface area contributed by atoms with Crippen LogP contribution in [0.2, 0.25) is 0 Å². The van der Waals surface area contributed by atoms with Crippen LogP contribution in [0, 0.1) is 5.41 Å². The largest absolute Gasteiger partial charge is 0.437 e. The Bertz CT molecular complexity index is 994. The summed E-state index contributed by atoms with van der Waals surface area (Å²) in [5.41, 5.74) is 0.896. The highest BCUT2D eigenvalue weighted by Gasteiger charge is 2.32. The highest BCUT2D eigenvalue weighted by molar-refractivity contribution is 5.73. The maximum Gasteiger partial charge on any atom is 0.416 e. The number of halogens is 3. The van der Waals surface area contributed by atoms with Crippen molar-refractivity contribution in [1.82, 2.24) is 20.2 Å². The Labute approximate surface area is 152 Å². The third-order valence-electron chi connectivity index (χ3n) is 3.78. The molecule has 140 valence electrons. The summed E-state index contributed by atoms with van der Waals surface area (Å²) >= 11 is 0. The summed E-state index contributed by atoms with van der Waals surface area (Å²) < 4.78 is 45.1. The molecule has 3 rings (SSSR count). The molecule has 3 aromatic rings. The molecular formula is C18H16F3N5O. The quantitative estimate of drug-likeness (QED) is 0.712. The number of benzene rings is 1. The SMILES string of the molecule is CC(C)c1ncncc1-c1ccc(C(F)(F)F)cc1Oc1ccc(=N)[nH]n1. The van der Waals surface area contributed by atoms with Crippen LogP contribution in [-0.2, 0) is 6.18 Å². The second kappa shape index (κ2) is 7.18. The average molecular weight is 375 g/mol. The van der Waals surface area contributed by atoms with Crippen LogP contribution in [0.3, 0.4) is 0 Å². The number of hydrogen-bond acceptors (Lipinski definition) is 5. The van der Waals surface area contributed by atoms with E-state index in [1.807, 2.05) is 13.8 Å². The molecule has 0 radical (unpaired) electrons. The van der Waals surface area contributed by atoms with Gasteiger partial charge in [-0.25, -0.2) is 9.97 Å². The van der Waals surface area contributed by atoms with Crippen molar-refractivity contribution in [1.29, 1.82) is 5.41 Å². The maximum atomic E-state index is 13.2. The van der Waals surface area contributed by atoms with Gasteiger partial charge in [0, 0.05) is 23.4 Å². The number of hydrogen-bond donors (Lipinski definition) is 2. The summed E-state index contributed by atoms with van der Waals surface area (Å²) in [5.74, 6) is 0.0434. The Morgan fingerprint density at radius 3 is 2.52 bits per heavy atom. The molecule has 6 nitrogen and oxygen atoms in total. The Morgan fingerprint density at radius 2 is 1.89 bits per heavy atom. The van der Waals surface area contributed by atoms with E-state index >= 15 is 0 Å². The minimum Gasteiger partial charge on any atom is -0.437 e. The first-order valence-corrected chi connectivity index (χ1v) is 8.05. The van der Waals surface area contributed by atoms with E-state index in [0.717, 1.165) is 12.1 Å². The van der Waals surface area contributed by atoms with Crippen molar-refractivity contribution >= 4 is 0 Å². The van der Waals surface area contributed by atoms with Crippen molar-refractivity contribution in [3.05, 3.63) is 59.6 Å². The first-order chi connectivity index (χ1) is 12.8. The lowest BCUT2D eigenvalue weighted by Gasteiger charge is -2.16. The van der Waals surface area contributed by atoms with E-state index in [2.05, 4.69) is 20.2 Å². The average Bonchev–Trinajstić information content (AvgIpc) is 2.63. The fourth-order valence-corrected chi connectivity index (χ4v) is 2.53. The van der Waals surface area contributed by atoms with Crippen molar-refractivity contribution in [2.24, 2.45) is 0 Å². The fourth-order valence-electron chi connectivity index (χ4n) is 2.53. The summed E-state index contributed by atoms with van der Waals surface area (Å²) in [4.78, 5) is 8.25. The monoisotopic (exact) mass is 375 g/mol. The number of alkyl halides is 3. The van der Waals surface area contributed by atoms with Crippen molar-refractivity contribution in [2.45, 2.75) is 25.9 Å². The van der Waals surface area contributed by atoms with E-state index in [1.54, 1.807) is 6.20 Å². The summed E-state index contributed by atoms with van der Waals surface area (Å²) in [6, 6.07) is 6.04. The van der Waals surface area contributed by atoms with E-state index in [0.29, 0.717) is 16.8 Å². The fraction of sp³-hybridized carbons (Fsp3) is 0.222. The standard InChI is InChI=1S/C18H16F3N5O/c1-10(2)17-13(8-23-9-24-17)12-4-3-11(18(19,20)21)7-14(12)27-16-6-5-15(22)25-26-16/h3-10H,1-2H3,(H2,22,25). The van der Waals surface area contributed by atoms with Gasteiger partial charge in [0.1, 0.15) is 17.6 Å². The minimum atomic E-state index is -4.52. The molecule has 0 fully saturated rings. The number of H-pyrrole nitrogens is 1. The second-order valence-corrected chi connectivity index (χ2v) is 6.10. The molecule has 0 amide bonds. The zero-order valence-corrected chi connectivity index (χ0v) is 14.5. The zero-order valence-electron chi connectivity index (χ0n) is 14.5. The van der Waals surface area contributed by atoms with E-state index < -0.39 is 11.7 Å². The number of rotatable bonds is 4. The van der Waals surface area contributed by atoms with E-state index in [9.17, 15) is 13.2 Å². The van der Waals surface area contributed by atoms with Crippen LogP contribution in [0.25, 0.3) is 11.1 Å². The molecule has 9 heteroatoms. The molecule has 0 saturated heterocycles. The molecule has 0 aliphatic rings. The van der Waals surface area contributed by atoms with Crippen LogP contribution in [0.4, 0.5) is 13.2 Å². The molecule has 0 spiro atoms. The number of ether oxygens (including phenoxy) is 1. The molecule has 0 atom stereocenters. The molecule has 2 heterocycles. The van der Waals surface area contributed by atoms with Gasteiger partial charge < -0.3 is 4.74 Å². The molecule has 0 aliphatic heterocycles. The van der Waals surface area contributed by atoms with Gasteiger partial charge in [0.2, 0.25) is 5.88 Å². The van der Waals surface area contributed by atoms with Gasteiger partial charge in [-0.1, -0.05) is 13.8 Å². The summed E-state index contributed by atoms with van der Waals surface area (Å²) in [6.45, 7) is 3.86. The number of aromatic nitrogens is 4. The summed E-state index contributed by atoms with van der Waals surface area (Å²) in [7, 11) is 0. The lowest BCUT2D eigenvalue weighted by atomic mass is 9.97. The van der Waals surface area contributed by atoms with Crippen molar-refractivity contribution in [3.63, 3.8) is 0 Å². The Morgan fingerprint density at radius 1 is 1.11 bits per heavy atom. The first kappa shape index (κ1) is 18.6. The maximum absolute atomic E-state index is 13.2. The van der Waals surface area contributed by atoms with Gasteiger partial charge in [-0.3, -0.25) is 10.5 Å². The molecule has 1 aromatic carbocycles. The molecule has 0 unspecified atom stereocenters. The lowest BCUT2D eigenvalue weighted by molar-refractivity contribution is -0.137. The van der Waals surface area contributed by atoms with Crippen LogP contribution in [-0.4, -0.2) is 20.2 Å². The number of aromatic amines is 1. The van der Waals surface area contributed by atoms with Crippen molar-refractivity contribution in [2.75, 3.05) is 0 Å². The van der Waals surface area contributed by atoms with Crippen LogP contribution < -0.4 is 10.2 Å². The van der Waals surface area contributed by atoms with Gasteiger partial charge in [-0.05, 0) is 30.2 Å². The van der Waals surface area contributed by atoms with Gasteiger partial charge in [-0.2, -0.15) is 13.2 Å². The van der Waals surface area contributed by atoms with E-state index in [1.165, 1.54) is 24.5 Å². The smallest absolute Gasteiger partial charge is 0.416 e. The molecule has 27 heavy (non-hydrogen) atoms. The predicted octanol–water partition coefficient (Wildman–Crippen LogP) is 4.28. The van der Waals surface area contributed by atoms with Gasteiger partial charge in [0.25, 0.3) is 0 Å². The van der Waals surface area contributed by atoms with Crippen LogP contribution in [0.15, 0.2) is 42.9 Å². The number of nitrogens with one attached hydrogen (secondary N) is 2. The Hall–Kier alpha value is -3.23. The third-order valence-corrected chi connectivity index (χ3v) is 3.78. The van der Waals surface area contributed by atoms with E-state index in [4.69, 9.17) is 10.1 Å². The normalized spacial score (nSPS) is 11.6. The predicted molar refractivity (Wildman–Crippen MR) is 91.1 cm³/mol. The molecule has 2 N–H and O–H groups in total. The summed E-state index contributed by atoms with van der Waals surface area (Å²) in [5, 5.41) is 13.6. The van der Waals surface area contributed by atoms with Gasteiger partial charge in [0.15, 0.2) is 0 Å². The first-order valence-electron chi connectivity index (χ1n) is 8.05. The Balaban J connectivity index is 2.16. The topological polar surface area (TPSA) is 87.5 Å². The second-order valence-electron chi connectivity index (χ2n) is 6.10. The highest BCUT2D eigenvalue weighted by atomic mass is 19.4. The third kappa shape index (κ3) is 4.13. The zero-order chi connectivity index (χ0) is 19.6. The van der Waals surface area contributed by atoms with E-state index in [-0.39, 0.29) is 23.0 Å². The van der Waals surface area contributed by atoms with Gasteiger partial charge in [0.05, 0.1) is 11.3 Å². The summed E-state index contributed by atoms with van der Waals surface area (Å²) in [6.07, 6.45) is -1.58. The molecule has 0 aliphatic carbocycles. The minimum absolute atomic E-state index is 0.0276. The van der Waals surface area contributed by atoms with Crippen molar-refractivity contribution < 1.29 is 17.9 Å². The molecule has 2 aromatic heterocycles. The molecule has 0 saturated carbocycles. The molecular weight excluding hydrogens is 359 g/mol.